The summed E-state index contributed by atoms with van der Waals surface area (Å²) in [5.74, 6) is -0.0227. The number of aliphatic hydroxyl groups excluding tert-OH is 1. The lowest BCUT2D eigenvalue weighted by molar-refractivity contribution is -0.117. The Morgan fingerprint density at radius 3 is 2.76 bits per heavy atom. The van der Waals surface area contributed by atoms with Gasteiger partial charge in [0, 0.05) is 35.2 Å². The molecule has 0 saturated carbocycles. The minimum absolute atomic E-state index is 0.0366. The van der Waals surface area contributed by atoms with E-state index in [9.17, 15) is 14.7 Å². The molecule has 34 heavy (non-hydrogen) atoms. The number of aliphatic hydroxyl groups is 1. The Morgan fingerprint density at radius 2 is 1.97 bits per heavy atom. The number of fused-ring (bicyclic) bond motifs is 8. The number of rotatable bonds is 6. The number of hydrogen-bond donors (Lipinski definition) is 3. The zero-order valence-electron chi connectivity index (χ0n) is 19.6. The van der Waals surface area contributed by atoms with Crippen LogP contribution in [0.25, 0.3) is 16.5 Å². The zero-order chi connectivity index (χ0) is 23.6. The molecule has 0 fully saturated rings. The number of allylic oxidation sites excluding steroid dienone is 1. The van der Waals surface area contributed by atoms with Crippen LogP contribution in [0.4, 0.5) is 0 Å². The van der Waals surface area contributed by atoms with Gasteiger partial charge in [-0.2, -0.15) is 0 Å². The quantitative estimate of drug-likeness (QED) is 0.617. The van der Waals surface area contributed by atoms with Gasteiger partial charge in [-0.3, -0.25) is 14.9 Å². The third kappa shape index (κ3) is 3.00. The van der Waals surface area contributed by atoms with Crippen LogP contribution in [-0.2, 0) is 16.1 Å². The van der Waals surface area contributed by atoms with Crippen molar-refractivity contribution < 1.29 is 14.7 Å². The minimum Gasteiger partial charge on any atom is -0.390 e. The fourth-order valence-electron chi connectivity index (χ4n) is 6.26. The number of likely N-dealkylation sites (N-methyl/N-ethyl adjacent to an activating group) is 1. The van der Waals surface area contributed by atoms with E-state index in [0.29, 0.717) is 26.1 Å². The second-order valence-electron chi connectivity index (χ2n) is 9.54. The Bertz CT molecular complexity index is 1310. The largest absolute Gasteiger partial charge is 0.390 e. The molecule has 3 unspecified atom stereocenters. The van der Waals surface area contributed by atoms with Crippen molar-refractivity contribution in [3.05, 3.63) is 64.4 Å². The van der Waals surface area contributed by atoms with Gasteiger partial charge in [-0.05, 0) is 48.4 Å². The fourth-order valence-corrected chi connectivity index (χ4v) is 6.26. The highest BCUT2D eigenvalue weighted by Gasteiger charge is 2.48. The third-order valence-electron chi connectivity index (χ3n) is 7.79. The van der Waals surface area contributed by atoms with Crippen LogP contribution in [-0.4, -0.2) is 64.6 Å². The molecule has 3 heterocycles. The molecule has 7 heteroatoms. The van der Waals surface area contributed by atoms with Crippen molar-refractivity contribution in [3.8, 4) is 0 Å². The smallest absolute Gasteiger partial charge is 0.252 e. The summed E-state index contributed by atoms with van der Waals surface area (Å²) in [6.07, 6.45) is 3.67. The zero-order valence-corrected chi connectivity index (χ0v) is 19.6. The molecule has 0 radical (unpaired) electrons. The molecule has 0 saturated heterocycles. The third-order valence-corrected chi connectivity index (χ3v) is 7.79. The average molecular weight is 459 g/mol. The Balaban J connectivity index is 1.56. The highest BCUT2D eigenvalue weighted by atomic mass is 16.3. The number of para-hydroxylation sites is 1. The molecule has 2 aliphatic heterocycles. The summed E-state index contributed by atoms with van der Waals surface area (Å²) in [7, 11) is 0. The van der Waals surface area contributed by atoms with Gasteiger partial charge in [0.05, 0.1) is 30.3 Å². The van der Waals surface area contributed by atoms with Gasteiger partial charge < -0.3 is 19.9 Å². The number of nitrogens with zero attached hydrogens (tertiary/aromatic N) is 2. The first-order valence-corrected chi connectivity index (χ1v) is 12.3. The van der Waals surface area contributed by atoms with Crippen molar-refractivity contribution in [2.24, 2.45) is 0 Å². The van der Waals surface area contributed by atoms with Crippen LogP contribution in [0.3, 0.4) is 0 Å². The lowest BCUT2D eigenvalue weighted by Crippen LogP contribution is -2.38. The Morgan fingerprint density at radius 1 is 1.18 bits per heavy atom. The predicted octanol–water partition coefficient (Wildman–Crippen LogP) is 2.08. The Kier molecular flexibility index (Phi) is 5.09. The molecular formula is C27H30N4O3. The summed E-state index contributed by atoms with van der Waals surface area (Å²) >= 11 is 0. The van der Waals surface area contributed by atoms with E-state index in [1.807, 2.05) is 18.2 Å². The first-order valence-electron chi connectivity index (χ1n) is 12.3. The van der Waals surface area contributed by atoms with Crippen LogP contribution in [0.15, 0.2) is 53.1 Å². The number of ketones is 1. The lowest BCUT2D eigenvalue weighted by atomic mass is 9.80. The van der Waals surface area contributed by atoms with E-state index in [0.717, 1.165) is 57.5 Å². The van der Waals surface area contributed by atoms with Gasteiger partial charge in [-0.15, -0.1) is 0 Å². The minimum atomic E-state index is -0.540. The molecule has 176 valence electrons. The van der Waals surface area contributed by atoms with Crippen molar-refractivity contribution in [1.29, 1.82) is 0 Å². The van der Waals surface area contributed by atoms with Crippen LogP contribution in [0.1, 0.15) is 37.6 Å². The number of hydrogen-bond acceptors (Lipinski definition) is 5. The maximum Gasteiger partial charge on any atom is 0.252 e. The molecule has 1 amide bonds. The number of carbonyl (C=O) groups excluding carboxylic acids is 2. The molecule has 1 aromatic heterocycles. The summed E-state index contributed by atoms with van der Waals surface area (Å²) in [5.41, 5.74) is 6.88. The summed E-state index contributed by atoms with van der Waals surface area (Å²) < 4.78 is 2.22. The van der Waals surface area contributed by atoms with Crippen molar-refractivity contribution in [1.82, 2.24) is 20.1 Å². The SMILES string of the molecule is CCN(CC)CC(O)Cn1c2c(c3ccccc31)C1=C(C(=O)NC1)C1=C3CC=CC(=O)C3NC12. The highest BCUT2D eigenvalue weighted by Crippen LogP contribution is 2.52. The molecule has 4 aliphatic rings. The number of aromatic nitrogens is 1. The van der Waals surface area contributed by atoms with Gasteiger partial charge in [0.15, 0.2) is 5.78 Å². The van der Waals surface area contributed by atoms with E-state index >= 15 is 0 Å². The second-order valence-corrected chi connectivity index (χ2v) is 9.54. The molecule has 3 N–H and O–H groups in total. The van der Waals surface area contributed by atoms with Crippen molar-refractivity contribution in [3.63, 3.8) is 0 Å². The van der Waals surface area contributed by atoms with Crippen molar-refractivity contribution in [2.75, 3.05) is 26.2 Å². The fraction of sp³-hybridized carbons (Fsp3) is 0.407. The normalized spacial score (nSPS) is 24.0. The standard InChI is InChI=1S/C27H30N4O3/c1-3-30(4-2)13-15(32)14-31-19-10-6-5-8-16(19)21-18-12-28-27(34)23(18)22-17-9-7-11-20(33)24(17)29-25(22)26(21)31/h5-8,10-11,15,24-25,29,32H,3-4,9,12-14H2,1-2H3,(H,28,34). The lowest BCUT2D eigenvalue weighted by Gasteiger charge is -2.28. The van der Waals surface area contributed by atoms with E-state index in [-0.39, 0.29) is 17.7 Å². The van der Waals surface area contributed by atoms with E-state index in [4.69, 9.17) is 0 Å². The number of benzene rings is 1. The summed E-state index contributed by atoms with van der Waals surface area (Å²) in [4.78, 5) is 28.0. The molecular weight excluding hydrogens is 428 g/mol. The maximum atomic E-state index is 13.0. The van der Waals surface area contributed by atoms with E-state index in [1.54, 1.807) is 6.08 Å². The van der Waals surface area contributed by atoms with Crippen LogP contribution in [0, 0.1) is 0 Å². The topological polar surface area (TPSA) is 86.6 Å². The number of carbonyl (C=O) groups is 2. The van der Waals surface area contributed by atoms with Crippen molar-refractivity contribution >= 4 is 28.2 Å². The highest BCUT2D eigenvalue weighted by molar-refractivity contribution is 6.16. The van der Waals surface area contributed by atoms with Gasteiger partial charge in [-0.1, -0.05) is 38.1 Å². The van der Waals surface area contributed by atoms with Crippen LogP contribution in [0.5, 0.6) is 0 Å². The predicted molar refractivity (Wildman–Crippen MR) is 131 cm³/mol. The second kappa shape index (κ2) is 8.05. The molecule has 2 aliphatic carbocycles. The molecule has 3 atom stereocenters. The number of nitrogens with one attached hydrogen (secondary N) is 2. The molecule has 2 aromatic rings. The van der Waals surface area contributed by atoms with Gasteiger partial charge in [0.25, 0.3) is 5.91 Å². The van der Waals surface area contributed by atoms with E-state index in [2.05, 4.69) is 46.1 Å². The van der Waals surface area contributed by atoms with E-state index < -0.39 is 12.1 Å². The van der Waals surface area contributed by atoms with Crippen LogP contribution < -0.4 is 10.6 Å². The van der Waals surface area contributed by atoms with E-state index in [1.165, 1.54) is 0 Å². The first-order chi connectivity index (χ1) is 16.5. The molecule has 6 rings (SSSR count). The summed E-state index contributed by atoms with van der Waals surface area (Å²) in [6.45, 7) is 7.52. The Labute approximate surface area is 198 Å². The summed E-state index contributed by atoms with van der Waals surface area (Å²) in [6, 6.07) is 7.57. The molecule has 1 aromatic carbocycles. The van der Waals surface area contributed by atoms with Gasteiger partial charge >= 0.3 is 0 Å². The molecule has 0 spiro atoms. The Hall–Kier alpha value is -3.00. The molecule has 7 nitrogen and oxygen atoms in total. The van der Waals surface area contributed by atoms with Crippen LogP contribution >= 0.6 is 0 Å². The average Bonchev–Trinajstić information content (AvgIpc) is 3.50. The first kappa shape index (κ1) is 21.5. The monoisotopic (exact) mass is 458 g/mol. The summed E-state index contributed by atoms with van der Waals surface area (Å²) in [5, 5.41) is 18.8. The van der Waals surface area contributed by atoms with Crippen molar-refractivity contribution in [2.45, 2.75) is 45.0 Å². The number of amides is 1. The van der Waals surface area contributed by atoms with Gasteiger partial charge in [0.2, 0.25) is 0 Å². The van der Waals surface area contributed by atoms with Gasteiger partial charge in [0.1, 0.15) is 0 Å². The van der Waals surface area contributed by atoms with Gasteiger partial charge in [-0.25, -0.2) is 0 Å². The maximum absolute atomic E-state index is 13.0. The van der Waals surface area contributed by atoms with Crippen LogP contribution in [0.2, 0.25) is 0 Å². The molecule has 0 bridgehead atoms.